The minimum Gasteiger partial charge on any atom is -0.508 e. The van der Waals surface area contributed by atoms with Gasteiger partial charge in [-0.3, -0.25) is 9.69 Å². The monoisotopic (exact) mass is 411 g/mol. The van der Waals surface area contributed by atoms with Gasteiger partial charge in [0.1, 0.15) is 11.6 Å². The Morgan fingerprint density at radius 2 is 1.80 bits per heavy atom. The molecule has 0 radical (unpaired) electrons. The first-order valence-electron chi connectivity index (χ1n) is 10.8. The molecule has 0 spiro atoms. The van der Waals surface area contributed by atoms with Crippen LogP contribution in [-0.2, 0) is 12.1 Å². The lowest BCUT2D eigenvalue weighted by Crippen LogP contribution is -2.44. The van der Waals surface area contributed by atoms with Crippen LogP contribution in [0, 0.1) is 5.82 Å². The van der Waals surface area contributed by atoms with Gasteiger partial charge in [-0.2, -0.15) is 0 Å². The molecule has 1 amide bonds. The summed E-state index contributed by atoms with van der Waals surface area (Å²) < 4.78 is 14.6. The summed E-state index contributed by atoms with van der Waals surface area (Å²) in [6.07, 6.45) is 3.37. The summed E-state index contributed by atoms with van der Waals surface area (Å²) in [6.45, 7) is 4.46. The van der Waals surface area contributed by atoms with E-state index in [1.54, 1.807) is 30.3 Å². The summed E-state index contributed by atoms with van der Waals surface area (Å²) in [5.41, 5.74) is 1.14. The Hall–Kier alpha value is -2.44. The molecule has 5 nitrogen and oxygen atoms in total. The van der Waals surface area contributed by atoms with Gasteiger partial charge in [0.25, 0.3) is 5.91 Å². The molecule has 30 heavy (non-hydrogen) atoms. The number of nitrogens with zero attached hydrogens (tertiary/aromatic N) is 2. The fourth-order valence-corrected chi connectivity index (χ4v) is 4.68. The van der Waals surface area contributed by atoms with Crippen LogP contribution in [0.25, 0.3) is 0 Å². The van der Waals surface area contributed by atoms with Crippen molar-refractivity contribution in [2.24, 2.45) is 0 Å². The Labute approximate surface area is 177 Å². The van der Waals surface area contributed by atoms with Gasteiger partial charge in [0.05, 0.1) is 5.54 Å². The lowest BCUT2D eigenvalue weighted by Gasteiger charge is -2.33. The van der Waals surface area contributed by atoms with Crippen molar-refractivity contribution in [2.45, 2.75) is 37.8 Å². The van der Waals surface area contributed by atoms with Gasteiger partial charge >= 0.3 is 0 Å². The third-order valence-electron chi connectivity index (χ3n) is 6.53. The molecule has 1 saturated heterocycles. The van der Waals surface area contributed by atoms with E-state index in [0.29, 0.717) is 17.7 Å². The van der Waals surface area contributed by atoms with Crippen LogP contribution in [0.5, 0.6) is 5.75 Å². The quantitative estimate of drug-likeness (QED) is 0.791. The molecule has 1 aliphatic heterocycles. The van der Waals surface area contributed by atoms with Gasteiger partial charge in [-0.1, -0.05) is 31.0 Å². The first kappa shape index (κ1) is 20.8. The van der Waals surface area contributed by atoms with E-state index in [0.717, 1.165) is 57.4 Å². The topological polar surface area (TPSA) is 55.8 Å². The number of benzene rings is 2. The highest BCUT2D eigenvalue weighted by atomic mass is 19.1. The van der Waals surface area contributed by atoms with Gasteiger partial charge in [0.15, 0.2) is 0 Å². The van der Waals surface area contributed by atoms with Crippen molar-refractivity contribution in [1.82, 2.24) is 15.1 Å². The van der Waals surface area contributed by atoms with Crippen LogP contribution in [0.3, 0.4) is 0 Å². The third kappa shape index (κ3) is 4.35. The molecule has 1 aliphatic carbocycles. The van der Waals surface area contributed by atoms with Crippen LogP contribution in [-0.4, -0.2) is 54.0 Å². The first-order valence-corrected chi connectivity index (χ1v) is 10.8. The molecule has 1 saturated carbocycles. The van der Waals surface area contributed by atoms with Crippen LogP contribution in [0.2, 0.25) is 0 Å². The Morgan fingerprint density at radius 3 is 2.50 bits per heavy atom. The van der Waals surface area contributed by atoms with Crippen LogP contribution in [0.15, 0.2) is 42.5 Å². The Morgan fingerprint density at radius 1 is 1.10 bits per heavy atom. The highest BCUT2D eigenvalue weighted by molar-refractivity contribution is 5.95. The molecule has 0 aromatic heterocycles. The molecule has 4 rings (SSSR count). The van der Waals surface area contributed by atoms with Crippen LogP contribution in [0.4, 0.5) is 4.39 Å². The number of phenols is 1. The van der Waals surface area contributed by atoms with E-state index in [2.05, 4.69) is 22.2 Å². The Balaban J connectivity index is 1.53. The zero-order valence-corrected chi connectivity index (χ0v) is 17.5. The van der Waals surface area contributed by atoms with Gasteiger partial charge in [-0.25, -0.2) is 4.39 Å². The van der Waals surface area contributed by atoms with Crippen molar-refractivity contribution in [3.63, 3.8) is 0 Å². The van der Waals surface area contributed by atoms with E-state index in [1.165, 1.54) is 6.07 Å². The van der Waals surface area contributed by atoms with E-state index in [9.17, 15) is 14.3 Å². The molecular weight excluding hydrogens is 381 g/mol. The Kier molecular flexibility index (Phi) is 6.06. The van der Waals surface area contributed by atoms with Crippen molar-refractivity contribution in [3.05, 3.63) is 65.0 Å². The minimum atomic E-state index is -0.669. The number of hydrogen-bond donors (Lipinski definition) is 2. The molecule has 160 valence electrons. The number of aromatic hydroxyl groups is 1. The first-order chi connectivity index (χ1) is 14.5. The molecule has 6 heteroatoms. The lowest BCUT2D eigenvalue weighted by atomic mass is 9.87. The second kappa shape index (κ2) is 8.74. The number of amides is 1. The largest absolute Gasteiger partial charge is 0.508 e. The second-order valence-corrected chi connectivity index (χ2v) is 8.65. The van der Waals surface area contributed by atoms with E-state index in [4.69, 9.17) is 0 Å². The van der Waals surface area contributed by atoms with Gasteiger partial charge in [0, 0.05) is 49.4 Å². The predicted octanol–water partition coefficient (Wildman–Crippen LogP) is 3.48. The minimum absolute atomic E-state index is 0.204. The fourth-order valence-electron chi connectivity index (χ4n) is 4.68. The maximum Gasteiger partial charge on any atom is 0.251 e. The highest BCUT2D eigenvalue weighted by Crippen LogP contribution is 2.40. The smallest absolute Gasteiger partial charge is 0.251 e. The predicted molar refractivity (Wildman–Crippen MR) is 115 cm³/mol. The summed E-state index contributed by atoms with van der Waals surface area (Å²) in [5.74, 6) is -0.295. The van der Waals surface area contributed by atoms with Gasteiger partial charge in [-0.15, -0.1) is 0 Å². The average molecular weight is 412 g/mol. The summed E-state index contributed by atoms with van der Waals surface area (Å²) in [6, 6.07) is 11.7. The molecule has 2 aromatic rings. The standard InChI is InChI=1S/C24H30FN3O2/c1-27-12-14-28(15-13-27)17-19-16-18(8-9-22(19)29)23(30)26-24(10-4-5-11-24)20-6-2-3-7-21(20)25/h2-3,6-9,16,29H,4-5,10-15,17H2,1H3,(H,26,30). The third-order valence-corrected chi connectivity index (χ3v) is 6.53. The number of carbonyl (C=O) groups excluding carboxylic acids is 1. The molecule has 0 unspecified atom stereocenters. The highest BCUT2D eigenvalue weighted by Gasteiger charge is 2.39. The SMILES string of the molecule is CN1CCN(Cc2cc(C(=O)NC3(c4ccccc4F)CCCC3)ccc2O)CC1. The molecule has 2 fully saturated rings. The number of carbonyl (C=O) groups is 1. The normalized spacial score (nSPS) is 19.7. The average Bonchev–Trinajstić information content (AvgIpc) is 3.21. The molecule has 1 heterocycles. The molecule has 2 aliphatic rings. The zero-order valence-electron chi connectivity index (χ0n) is 17.5. The molecule has 2 N–H and O–H groups in total. The fraction of sp³-hybridized carbons (Fsp3) is 0.458. The molecule has 2 aromatic carbocycles. The zero-order chi connectivity index (χ0) is 21.1. The Bertz CT molecular complexity index is 903. The van der Waals surface area contributed by atoms with Crippen molar-refractivity contribution >= 4 is 5.91 Å². The van der Waals surface area contributed by atoms with Crippen LogP contribution >= 0.6 is 0 Å². The van der Waals surface area contributed by atoms with E-state index in [-0.39, 0.29) is 17.5 Å². The summed E-state index contributed by atoms with van der Waals surface area (Å²) in [5, 5.41) is 13.5. The lowest BCUT2D eigenvalue weighted by molar-refractivity contribution is 0.0896. The molecule has 0 bridgehead atoms. The van der Waals surface area contributed by atoms with Gasteiger partial charge in [0.2, 0.25) is 0 Å². The number of hydrogen-bond acceptors (Lipinski definition) is 4. The van der Waals surface area contributed by atoms with E-state index >= 15 is 0 Å². The van der Waals surface area contributed by atoms with Crippen molar-refractivity contribution in [2.75, 3.05) is 33.2 Å². The molecular formula is C24H30FN3O2. The van der Waals surface area contributed by atoms with E-state index < -0.39 is 5.54 Å². The number of rotatable bonds is 5. The number of piperazine rings is 1. The number of nitrogens with one attached hydrogen (secondary N) is 1. The van der Waals surface area contributed by atoms with Crippen molar-refractivity contribution in [3.8, 4) is 5.75 Å². The summed E-state index contributed by atoms with van der Waals surface area (Å²) >= 11 is 0. The van der Waals surface area contributed by atoms with E-state index in [1.807, 2.05) is 6.07 Å². The number of likely N-dealkylation sites (N-methyl/N-ethyl adjacent to an activating group) is 1. The number of halogens is 1. The molecule has 0 atom stereocenters. The maximum absolute atomic E-state index is 14.6. The van der Waals surface area contributed by atoms with Crippen molar-refractivity contribution < 1.29 is 14.3 Å². The second-order valence-electron chi connectivity index (χ2n) is 8.65. The maximum atomic E-state index is 14.6. The summed E-state index contributed by atoms with van der Waals surface area (Å²) in [4.78, 5) is 17.7. The van der Waals surface area contributed by atoms with Crippen LogP contribution in [0.1, 0.15) is 47.2 Å². The van der Waals surface area contributed by atoms with Crippen molar-refractivity contribution in [1.29, 1.82) is 0 Å². The summed E-state index contributed by atoms with van der Waals surface area (Å²) in [7, 11) is 2.11. The van der Waals surface area contributed by atoms with Gasteiger partial charge < -0.3 is 15.3 Å². The van der Waals surface area contributed by atoms with Crippen LogP contribution < -0.4 is 5.32 Å². The number of phenolic OH excluding ortho intramolecular Hbond substituents is 1. The van der Waals surface area contributed by atoms with Gasteiger partial charge in [-0.05, 0) is 44.2 Å².